The Morgan fingerprint density at radius 1 is 1.50 bits per heavy atom. The van der Waals surface area contributed by atoms with Crippen LogP contribution in [0.2, 0.25) is 0 Å². The molecule has 0 aliphatic rings. The number of nitrogens with zero attached hydrogens (tertiary/aromatic N) is 3. The van der Waals surface area contributed by atoms with Crippen molar-refractivity contribution in [1.82, 2.24) is 14.4 Å². The number of fused-ring (bicyclic) bond motifs is 1. The summed E-state index contributed by atoms with van der Waals surface area (Å²) in [5.74, 6) is -0.159. The summed E-state index contributed by atoms with van der Waals surface area (Å²) in [4.78, 5) is 20.2. The van der Waals surface area contributed by atoms with Gasteiger partial charge in [0.15, 0.2) is 5.13 Å². The Hall–Kier alpha value is -2.21. The minimum Gasteiger partial charge on any atom is -0.306 e. The minimum absolute atomic E-state index is 0.159. The van der Waals surface area contributed by atoms with Crippen molar-refractivity contribution in [3.63, 3.8) is 0 Å². The van der Waals surface area contributed by atoms with E-state index in [1.54, 1.807) is 24.7 Å². The number of nitrogens with one attached hydrogen (secondary N) is 1. The topological polar surface area (TPSA) is 59.3 Å². The van der Waals surface area contributed by atoms with Gasteiger partial charge in [-0.3, -0.25) is 10.1 Å². The lowest BCUT2D eigenvalue weighted by molar-refractivity contribution is 0.102. The van der Waals surface area contributed by atoms with Crippen molar-refractivity contribution in [2.75, 3.05) is 5.32 Å². The number of imidazole rings is 1. The highest BCUT2D eigenvalue weighted by Crippen LogP contribution is 2.16. The Morgan fingerprint density at radius 3 is 3.17 bits per heavy atom. The van der Waals surface area contributed by atoms with Gasteiger partial charge in [0.05, 0.1) is 23.7 Å². The van der Waals surface area contributed by atoms with E-state index in [1.807, 2.05) is 22.9 Å². The number of amides is 1. The summed E-state index contributed by atoms with van der Waals surface area (Å²) in [6.45, 7) is 1.89. The predicted molar refractivity (Wildman–Crippen MR) is 70.0 cm³/mol. The average Bonchev–Trinajstić information content (AvgIpc) is 2.96. The number of rotatable bonds is 2. The molecule has 90 valence electrons. The minimum atomic E-state index is -0.159. The van der Waals surface area contributed by atoms with E-state index < -0.39 is 0 Å². The maximum Gasteiger partial charge on any atom is 0.257 e. The Bertz CT molecular complexity index is 716. The molecular weight excluding hydrogens is 248 g/mol. The summed E-state index contributed by atoms with van der Waals surface area (Å²) in [6.07, 6.45) is 5.22. The number of carbonyl (C=O) groups is 1. The molecule has 0 unspecified atom stereocenters. The molecule has 0 saturated carbocycles. The number of hydrogen-bond donors (Lipinski definition) is 1. The van der Waals surface area contributed by atoms with Crippen LogP contribution in [0.1, 0.15) is 16.1 Å². The molecule has 0 bridgehead atoms. The molecule has 3 aromatic rings. The normalized spacial score (nSPS) is 10.7. The van der Waals surface area contributed by atoms with Gasteiger partial charge in [-0.25, -0.2) is 9.97 Å². The first-order chi connectivity index (χ1) is 8.72. The van der Waals surface area contributed by atoms with Crippen molar-refractivity contribution in [2.45, 2.75) is 6.92 Å². The van der Waals surface area contributed by atoms with Crippen molar-refractivity contribution in [2.24, 2.45) is 0 Å². The summed E-state index contributed by atoms with van der Waals surface area (Å²) in [7, 11) is 0. The van der Waals surface area contributed by atoms with Gasteiger partial charge in [-0.2, -0.15) is 0 Å². The Labute approximate surface area is 107 Å². The van der Waals surface area contributed by atoms with Crippen LogP contribution in [0, 0.1) is 6.92 Å². The lowest BCUT2D eigenvalue weighted by Crippen LogP contribution is -2.11. The first kappa shape index (κ1) is 10.9. The second kappa shape index (κ2) is 4.23. The maximum atomic E-state index is 12.0. The molecule has 3 aromatic heterocycles. The molecule has 1 amide bonds. The zero-order chi connectivity index (χ0) is 12.5. The summed E-state index contributed by atoms with van der Waals surface area (Å²) < 4.78 is 1.85. The van der Waals surface area contributed by atoms with Gasteiger partial charge in [-0.05, 0) is 19.1 Å². The van der Waals surface area contributed by atoms with Gasteiger partial charge in [0.25, 0.3) is 5.91 Å². The Morgan fingerprint density at radius 2 is 2.39 bits per heavy atom. The molecule has 0 spiro atoms. The van der Waals surface area contributed by atoms with Crippen LogP contribution in [-0.4, -0.2) is 20.3 Å². The number of thiazole rings is 1. The number of hydrogen-bond acceptors (Lipinski definition) is 4. The van der Waals surface area contributed by atoms with Crippen LogP contribution in [0.5, 0.6) is 0 Å². The third-order valence-electron chi connectivity index (χ3n) is 2.52. The van der Waals surface area contributed by atoms with Crippen LogP contribution in [0.25, 0.3) is 5.52 Å². The Kier molecular flexibility index (Phi) is 2.56. The third kappa shape index (κ3) is 1.98. The van der Waals surface area contributed by atoms with E-state index in [-0.39, 0.29) is 5.91 Å². The molecule has 0 saturated heterocycles. The summed E-state index contributed by atoms with van der Waals surface area (Å²) in [5, 5.41) is 5.29. The van der Waals surface area contributed by atoms with Crippen molar-refractivity contribution in [1.29, 1.82) is 0 Å². The highest BCUT2D eigenvalue weighted by atomic mass is 32.1. The zero-order valence-electron chi connectivity index (χ0n) is 9.62. The van der Waals surface area contributed by atoms with Crippen LogP contribution in [0.4, 0.5) is 5.13 Å². The molecule has 0 aliphatic heterocycles. The van der Waals surface area contributed by atoms with Gasteiger partial charge in [-0.1, -0.05) is 0 Å². The van der Waals surface area contributed by atoms with Gasteiger partial charge >= 0.3 is 0 Å². The number of aromatic nitrogens is 3. The third-order valence-corrected chi connectivity index (χ3v) is 3.39. The van der Waals surface area contributed by atoms with E-state index in [1.165, 1.54) is 11.3 Å². The van der Waals surface area contributed by atoms with Crippen LogP contribution >= 0.6 is 11.3 Å². The number of pyridine rings is 1. The smallest absolute Gasteiger partial charge is 0.257 e. The predicted octanol–water partition coefficient (Wildman–Crippen LogP) is 2.35. The van der Waals surface area contributed by atoms with Gasteiger partial charge in [0, 0.05) is 17.1 Å². The molecule has 0 aliphatic carbocycles. The Balaban J connectivity index is 1.87. The van der Waals surface area contributed by atoms with Gasteiger partial charge < -0.3 is 4.40 Å². The van der Waals surface area contributed by atoms with E-state index in [9.17, 15) is 4.79 Å². The molecule has 6 heteroatoms. The van der Waals surface area contributed by atoms with Gasteiger partial charge in [-0.15, -0.1) is 11.3 Å². The molecule has 18 heavy (non-hydrogen) atoms. The standard InChI is InChI=1S/C12H10N4OS/c1-8-6-18-12(14-8)15-11(17)9-2-3-16-7-13-5-10(16)4-9/h2-7H,1H3,(H,14,15,17). The molecule has 0 fully saturated rings. The second-order valence-corrected chi connectivity index (χ2v) is 4.75. The molecule has 0 radical (unpaired) electrons. The summed E-state index contributed by atoms with van der Waals surface area (Å²) in [5.41, 5.74) is 2.38. The van der Waals surface area contributed by atoms with Gasteiger partial charge in [0.1, 0.15) is 0 Å². The van der Waals surface area contributed by atoms with Crippen LogP contribution < -0.4 is 5.32 Å². The SMILES string of the molecule is Cc1csc(NC(=O)c2ccn3cncc3c2)n1. The average molecular weight is 258 g/mol. The first-order valence-electron chi connectivity index (χ1n) is 5.37. The maximum absolute atomic E-state index is 12.0. The highest BCUT2D eigenvalue weighted by molar-refractivity contribution is 7.13. The summed E-state index contributed by atoms with van der Waals surface area (Å²) in [6, 6.07) is 3.55. The molecule has 3 rings (SSSR count). The van der Waals surface area contributed by atoms with E-state index in [4.69, 9.17) is 0 Å². The lowest BCUT2D eigenvalue weighted by atomic mass is 10.2. The second-order valence-electron chi connectivity index (χ2n) is 3.89. The highest BCUT2D eigenvalue weighted by Gasteiger charge is 2.09. The largest absolute Gasteiger partial charge is 0.306 e. The van der Waals surface area contributed by atoms with Crippen LogP contribution in [0.3, 0.4) is 0 Å². The van der Waals surface area contributed by atoms with Crippen molar-refractivity contribution in [3.8, 4) is 0 Å². The van der Waals surface area contributed by atoms with Crippen molar-refractivity contribution < 1.29 is 4.79 Å². The summed E-state index contributed by atoms with van der Waals surface area (Å²) >= 11 is 1.42. The lowest BCUT2D eigenvalue weighted by Gasteiger charge is -2.02. The van der Waals surface area contributed by atoms with E-state index >= 15 is 0 Å². The first-order valence-corrected chi connectivity index (χ1v) is 6.25. The molecule has 0 atom stereocenters. The number of aryl methyl sites for hydroxylation is 1. The molecule has 3 heterocycles. The van der Waals surface area contributed by atoms with Gasteiger partial charge in [0.2, 0.25) is 0 Å². The van der Waals surface area contributed by atoms with Crippen LogP contribution in [-0.2, 0) is 0 Å². The van der Waals surface area contributed by atoms with Crippen molar-refractivity contribution in [3.05, 3.63) is 47.5 Å². The molecule has 0 aromatic carbocycles. The monoisotopic (exact) mass is 258 g/mol. The fourth-order valence-electron chi connectivity index (χ4n) is 1.64. The van der Waals surface area contributed by atoms with Crippen LogP contribution in [0.15, 0.2) is 36.2 Å². The van der Waals surface area contributed by atoms with Crippen molar-refractivity contribution >= 4 is 27.9 Å². The quantitative estimate of drug-likeness (QED) is 0.767. The molecule has 5 nitrogen and oxygen atoms in total. The zero-order valence-corrected chi connectivity index (χ0v) is 10.4. The van der Waals surface area contributed by atoms with E-state index in [0.717, 1.165) is 11.2 Å². The number of anilines is 1. The van der Waals surface area contributed by atoms with E-state index in [0.29, 0.717) is 10.7 Å². The molecule has 1 N–H and O–H groups in total. The molecular formula is C12H10N4OS. The fourth-order valence-corrected chi connectivity index (χ4v) is 2.32. The number of carbonyl (C=O) groups excluding carboxylic acids is 1. The fraction of sp³-hybridized carbons (Fsp3) is 0.0833. The van der Waals surface area contributed by atoms with E-state index in [2.05, 4.69) is 15.3 Å².